The van der Waals surface area contributed by atoms with Crippen molar-refractivity contribution in [1.29, 1.82) is 0 Å². The van der Waals surface area contributed by atoms with Gasteiger partial charge < -0.3 is 4.52 Å². The van der Waals surface area contributed by atoms with E-state index in [1.165, 1.54) is 11.8 Å². The van der Waals surface area contributed by atoms with Gasteiger partial charge in [-0.25, -0.2) is 0 Å². The zero-order valence-corrected chi connectivity index (χ0v) is 7.88. The van der Waals surface area contributed by atoms with Gasteiger partial charge in [-0.2, -0.15) is 5.16 Å². The Labute approximate surface area is 78.4 Å². The number of aromatic amines is 1. The molecule has 0 aliphatic heterocycles. The molecule has 0 atom stereocenters. The van der Waals surface area contributed by atoms with E-state index in [0.717, 1.165) is 0 Å². The Morgan fingerprint density at radius 2 is 2.50 bits per heavy atom. The topological polar surface area (TPSA) is 46.0 Å². The first-order valence-corrected chi connectivity index (χ1v) is 4.51. The predicted octanol–water partition coefficient (Wildman–Crippen LogP) is 1.84. The normalized spacial score (nSPS) is 9.17. The average molecular weight is 204 g/mol. The lowest BCUT2D eigenvalue weighted by Crippen LogP contribution is -1.96. The van der Waals surface area contributed by atoms with Gasteiger partial charge in [0.25, 0.3) is 5.56 Å². The highest BCUT2D eigenvalue weighted by molar-refractivity contribution is 8.03. The molecule has 0 aromatic carbocycles. The molecule has 5 heteroatoms. The van der Waals surface area contributed by atoms with Gasteiger partial charge in [0, 0.05) is 0 Å². The van der Waals surface area contributed by atoms with Crippen LogP contribution in [-0.2, 0) is 5.75 Å². The van der Waals surface area contributed by atoms with Crippen LogP contribution in [0, 0.1) is 11.2 Å². The van der Waals surface area contributed by atoms with Crippen LogP contribution in [0.4, 0.5) is 0 Å². The standard InChI is InChI=1S/C7H6ClNO2S/c1-2-3-12-4-5-6(8)7(10)9-11-5/h4H2,1H3,(H,9,10). The number of H-pyrrole nitrogens is 1. The highest BCUT2D eigenvalue weighted by Crippen LogP contribution is 2.16. The molecule has 0 unspecified atom stereocenters. The number of hydrogen-bond acceptors (Lipinski definition) is 3. The molecule has 1 aromatic rings. The average Bonchev–Trinajstić information content (AvgIpc) is 2.36. The van der Waals surface area contributed by atoms with E-state index in [1.54, 1.807) is 6.92 Å². The maximum atomic E-state index is 10.7. The van der Waals surface area contributed by atoms with Gasteiger partial charge in [0.2, 0.25) is 0 Å². The molecule has 0 amide bonds. The molecule has 1 heterocycles. The summed E-state index contributed by atoms with van der Waals surface area (Å²) in [4.78, 5) is 10.7. The van der Waals surface area contributed by atoms with Crippen LogP contribution in [0.1, 0.15) is 12.7 Å². The van der Waals surface area contributed by atoms with Crippen LogP contribution < -0.4 is 5.56 Å². The quantitative estimate of drug-likeness (QED) is 0.746. The molecule has 0 radical (unpaired) electrons. The van der Waals surface area contributed by atoms with Crippen LogP contribution in [0.2, 0.25) is 5.02 Å². The van der Waals surface area contributed by atoms with E-state index in [4.69, 9.17) is 16.1 Å². The second-order valence-electron chi connectivity index (χ2n) is 1.91. The smallest absolute Gasteiger partial charge is 0.298 e. The Hall–Kier alpha value is -0.790. The molecule has 1 aromatic heterocycles. The number of hydrogen-bond donors (Lipinski definition) is 1. The molecular formula is C7H6ClNO2S. The summed E-state index contributed by atoms with van der Waals surface area (Å²) in [5.41, 5.74) is -0.392. The summed E-state index contributed by atoms with van der Waals surface area (Å²) in [7, 11) is 0. The molecule has 12 heavy (non-hydrogen) atoms. The second kappa shape index (κ2) is 4.29. The van der Waals surface area contributed by atoms with Crippen molar-refractivity contribution in [1.82, 2.24) is 5.16 Å². The van der Waals surface area contributed by atoms with Crippen molar-refractivity contribution in [3.63, 3.8) is 0 Å². The van der Waals surface area contributed by atoms with Crippen molar-refractivity contribution in [2.45, 2.75) is 12.7 Å². The fraction of sp³-hybridized carbons (Fsp3) is 0.286. The molecule has 3 nitrogen and oxygen atoms in total. The summed E-state index contributed by atoms with van der Waals surface area (Å²) in [5, 5.41) is 5.02. The molecule has 1 N–H and O–H groups in total. The van der Waals surface area contributed by atoms with E-state index in [1.807, 2.05) is 0 Å². The minimum absolute atomic E-state index is 0.111. The monoisotopic (exact) mass is 203 g/mol. The lowest BCUT2D eigenvalue weighted by Gasteiger charge is -1.86. The van der Waals surface area contributed by atoms with E-state index in [-0.39, 0.29) is 5.02 Å². The van der Waals surface area contributed by atoms with Crippen LogP contribution in [-0.4, -0.2) is 5.16 Å². The van der Waals surface area contributed by atoms with Crippen molar-refractivity contribution in [3.05, 3.63) is 21.1 Å². The molecule has 0 spiro atoms. The first-order valence-electron chi connectivity index (χ1n) is 3.15. The van der Waals surface area contributed by atoms with Crippen LogP contribution in [0.3, 0.4) is 0 Å². The summed E-state index contributed by atoms with van der Waals surface area (Å²) < 4.78 is 4.78. The Morgan fingerprint density at radius 3 is 3.00 bits per heavy atom. The van der Waals surface area contributed by atoms with E-state index < -0.39 is 5.56 Å². The van der Waals surface area contributed by atoms with E-state index >= 15 is 0 Å². The lowest BCUT2D eigenvalue weighted by molar-refractivity contribution is 0.390. The maximum absolute atomic E-state index is 10.7. The van der Waals surface area contributed by atoms with Crippen LogP contribution in [0.25, 0.3) is 0 Å². The minimum Gasteiger partial charge on any atom is -0.381 e. The largest absolute Gasteiger partial charge is 0.381 e. The van der Waals surface area contributed by atoms with Gasteiger partial charge in [-0.1, -0.05) is 29.3 Å². The maximum Gasteiger partial charge on any atom is 0.298 e. The molecule has 0 aliphatic rings. The van der Waals surface area contributed by atoms with Crippen molar-refractivity contribution in [2.24, 2.45) is 0 Å². The summed E-state index contributed by atoms with van der Waals surface area (Å²) in [5.74, 6) is 3.63. The highest BCUT2D eigenvalue weighted by atomic mass is 35.5. The highest BCUT2D eigenvalue weighted by Gasteiger charge is 2.08. The number of halogens is 1. The Morgan fingerprint density at radius 1 is 1.75 bits per heavy atom. The van der Waals surface area contributed by atoms with Crippen LogP contribution in [0.15, 0.2) is 9.32 Å². The Bertz CT molecular complexity index is 371. The van der Waals surface area contributed by atoms with Gasteiger partial charge in [-0.3, -0.25) is 4.79 Å². The summed E-state index contributed by atoms with van der Waals surface area (Å²) in [6, 6.07) is 0. The molecule has 64 valence electrons. The number of nitrogens with one attached hydrogen (secondary N) is 1. The molecule has 0 bridgehead atoms. The van der Waals surface area contributed by atoms with Crippen LogP contribution in [0.5, 0.6) is 0 Å². The molecule has 0 saturated heterocycles. The van der Waals surface area contributed by atoms with Crippen LogP contribution >= 0.6 is 23.4 Å². The van der Waals surface area contributed by atoms with Gasteiger partial charge in [0.1, 0.15) is 0 Å². The summed E-state index contributed by atoms with van der Waals surface area (Å²) in [6.45, 7) is 1.74. The van der Waals surface area contributed by atoms with Crippen molar-refractivity contribution < 1.29 is 4.52 Å². The fourth-order valence-corrected chi connectivity index (χ4v) is 1.36. The number of rotatable bonds is 2. The first-order chi connectivity index (χ1) is 5.75. The summed E-state index contributed by atoms with van der Waals surface area (Å²) in [6.07, 6.45) is 0. The van der Waals surface area contributed by atoms with E-state index in [0.29, 0.717) is 11.5 Å². The number of thioether (sulfide) groups is 1. The first kappa shape index (κ1) is 9.30. The predicted molar refractivity (Wildman–Crippen MR) is 49.1 cm³/mol. The minimum atomic E-state index is -0.392. The molecule has 1 rings (SSSR count). The second-order valence-corrected chi connectivity index (χ2v) is 3.07. The van der Waals surface area contributed by atoms with Gasteiger partial charge in [0.15, 0.2) is 10.8 Å². The fourth-order valence-electron chi connectivity index (χ4n) is 0.591. The SMILES string of the molecule is CC#CSCc1o[nH]c(=O)c1Cl. The van der Waals surface area contributed by atoms with Gasteiger partial charge in [-0.15, -0.1) is 0 Å². The van der Waals surface area contributed by atoms with Crippen molar-refractivity contribution in [2.75, 3.05) is 0 Å². The third kappa shape index (κ3) is 2.10. The van der Waals surface area contributed by atoms with E-state index in [9.17, 15) is 4.79 Å². The third-order valence-electron chi connectivity index (χ3n) is 1.09. The molecule has 0 aliphatic carbocycles. The lowest BCUT2D eigenvalue weighted by atomic mass is 10.5. The van der Waals surface area contributed by atoms with Gasteiger partial charge >= 0.3 is 0 Å². The molecular weight excluding hydrogens is 198 g/mol. The van der Waals surface area contributed by atoms with Crippen molar-refractivity contribution >= 4 is 23.4 Å². The third-order valence-corrected chi connectivity index (χ3v) is 2.23. The molecule has 0 saturated carbocycles. The number of aromatic nitrogens is 1. The zero-order chi connectivity index (χ0) is 8.97. The summed E-state index contributed by atoms with van der Waals surface area (Å²) >= 11 is 6.92. The zero-order valence-electron chi connectivity index (χ0n) is 6.31. The van der Waals surface area contributed by atoms with Gasteiger partial charge in [-0.05, 0) is 12.2 Å². The van der Waals surface area contributed by atoms with Gasteiger partial charge in [0.05, 0.1) is 5.75 Å². The molecule has 0 fully saturated rings. The Balaban J connectivity index is 2.68. The Kier molecular flexibility index (Phi) is 3.32. The van der Waals surface area contributed by atoms with Crippen molar-refractivity contribution in [3.8, 4) is 11.2 Å². The van der Waals surface area contributed by atoms with E-state index in [2.05, 4.69) is 16.3 Å².